The van der Waals surface area contributed by atoms with E-state index >= 15 is 0 Å². The molecule has 25 heavy (non-hydrogen) atoms. The molecule has 1 atom stereocenters. The van der Waals surface area contributed by atoms with Gasteiger partial charge in [-0.2, -0.15) is 0 Å². The first-order valence-corrected chi connectivity index (χ1v) is 10.1. The van der Waals surface area contributed by atoms with E-state index in [0.717, 1.165) is 30.8 Å². The van der Waals surface area contributed by atoms with E-state index in [9.17, 15) is 4.79 Å². The second-order valence-corrected chi connectivity index (χ2v) is 9.43. The number of hydrogen-bond acceptors (Lipinski definition) is 1. The van der Waals surface area contributed by atoms with E-state index in [2.05, 4.69) is 43.6 Å². The summed E-state index contributed by atoms with van der Waals surface area (Å²) in [5.74, 6) is 3.09. The molecule has 4 aliphatic carbocycles. The minimum Gasteiger partial charge on any atom is -0.351 e. The lowest BCUT2D eigenvalue weighted by Gasteiger charge is -2.56. The van der Waals surface area contributed by atoms with Gasteiger partial charge in [0, 0.05) is 12.1 Å². The summed E-state index contributed by atoms with van der Waals surface area (Å²) < 4.78 is 0. The molecule has 5 rings (SSSR count). The molecule has 0 spiro atoms. The zero-order valence-corrected chi connectivity index (χ0v) is 15.8. The number of rotatable bonds is 6. The molecule has 1 aromatic carbocycles. The topological polar surface area (TPSA) is 33.5 Å². The lowest BCUT2D eigenvalue weighted by molar-refractivity contribution is -0.885. The summed E-state index contributed by atoms with van der Waals surface area (Å²) in [5, 5.41) is 3.31. The van der Waals surface area contributed by atoms with Gasteiger partial charge in [0.25, 0.3) is 5.91 Å². The van der Waals surface area contributed by atoms with E-state index < -0.39 is 0 Å². The van der Waals surface area contributed by atoms with Gasteiger partial charge in [-0.15, -0.1) is 0 Å². The Morgan fingerprint density at radius 2 is 1.72 bits per heavy atom. The van der Waals surface area contributed by atoms with Crippen LogP contribution in [0, 0.1) is 30.1 Å². The van der Waals surface area contributed by atoms with E-state index in [-0.39, 0.29) is 5.91 Å². The van der Waals surface area contributed by atoms with Crippen molar-refractivity contribution in [1.29, 1.82) is 0 Å². The van der Waals surface area contributed by atoms with E-state index in [1.54, 1.807) is 0 Å². The van der Waals surface area contributed by atoms with Crippen LogP contribution in [0.2, 0.25) is 0 Å². The van der Waals surface area contributed by atoms with Crippen LogP contribution >= 0.6 is 0 Å². The third-order valence-electron chi connectivity index (χ3n) is 7.04. The maximum absolute atomic E-state index is 12.5. The molecule has 4 bridgehead atoms. The maximum Gasteiger partial charge on any atom is 0.275 e. The molecule has 1 aromatic rings. The van der Waals surface area contributed by atoms with Crippen LogP contribution in [0.4, 0.5) is 0 Å². The molecule has 0 aromatic heterocycles. The second-order valence-electron chi connectivity index (χ2n) is 9.43. The number of likely N-dealkylation sites (N-methyl/N-ethyl adjacent to an activating group) is 1. The van der Waals surface area contributed by atoms with Crippen molar-refractivity contribution in [2.45, 2.75) is 52.0 Å². The molecule has 1 amide bonds. The number of aryl methyl sites for hydroxylation is 1. The second kappa shape index (κ2) is 6.75. The predicted molar refractivity (Wildman–Crippen MR) is 100 cm³/mol. The van der Waals surface area contributed by atoms with Gasteiger partial charge >= 0.3 is 0 Å². The van der Waals surface area contributed by atoms with Gasteiger partial charge in [-0.3, -0.25) is 4.79 Å². The predicted octanol–water partition coefficient (Wildman–Crippen LogP) is 2.34. The Bertz CT molecular complexity index is 603. The van der Waals surface area contributed by atoms with Crippen LogP contribution in [0.15, 0.2) is 24.3 Å². The van der Waals surface area contributed by atoms with Crippen molar-refractivity contribution >= 4 is 5.91 Å². The largest absolute Gasteiger partial charge is 0.351 e. The molecule has 4 saturated carbocycles. The Kier molecular flexibility index (Phi) is 4.61. The first-order chi connectivity index (χ1) is 12.0. The van der Waals surface area contributed by atoms with Crippen LogP contribution in [0.5, 0.6) is 0 Å². The van der Waals surface area contributed by atoms with Gasteiger partial charge in [-0.25, -0.2) is 0 Å². The summed E-state index contributed by atoms with van der Waals surface area (Å²) >= 11 is 0. The van der Waals surface area contributed by atoms with Crippen molar-refractivity contribution in [2.75, 3.05) is 20.1 Å². The molecular weight excluding hydrogens is 308 g/mol. The minimum atomic E-state index is 0.224. The standard InChI is InChI=1S/C22H32N2O/c1-16-5-3-4-6-20(16)13-24(2)14-21(25)23-15-22-10-17-7-18(11-22)9-19(8-17)12-22/h3-6,17-19H,7-15H2,1-2H3,(H,23,25)/p+1. The zero-order valence-electron chi connectivity index (χ0n) is 15.8. The van der Waals surface area contributed by atoms with Crippen LogP contribution < -0.4 is 10.2 Å². The van der Waals surface area contributed by atoms with Crippen molar-refractivity contribution in [1.82, 2.24) is 5.32 Å². The Hall–Kier alpha value is -1.35. The molecule has 136 valence electrons. The number of nitrogens with one attached hydrogen (secondary N) is 2. The quantitative estimate of drug-likeness (QED) is 0.818. The summed E-state index contributed by atoms with van der Waals surface area (Å²) in [4.78, 5) is 13.8. The zero-order chi connectivity index (χ0) is 17.4. The maximum atomic E-state index is 12.5. The summed E-state index contributed by atoms with van der Waals surface area (Å²) in [6.07, 6.45) is 8.51. The number of amides is 1. The molecule has 0 saturated heterocycles. The SMILES string of the molecule is Cc1ccccc1C[NH+](C)CC(=O)NCC12CC3CC(CC(C3)C1)C2. The molecule has 0 aliphatic heterocycles. The molecule has 3 heteroatoms. The Labute approximate surface area is 152 Å². The highest BCUT2D eigenvalue weighted by atomic mass is 16.2. The first-order valence-electron chi connectivity index (χ1n) is 10.1. The van der Waals surface area contributed by atoms with Gasteiger partial charge in [0.15, 0.2) is 6.54 Å². The molecule has 1 unspecified atom stereocenters. The van der Waals surface area contributed by atoms with Gasteiger partial charge in [0.2, 0.25) is 0 Å². The summed E-state index contributed by atoms with van der Waals surface area (Å²) in [6, 6.07) is 8.48. The third-order valence-corrected chi connectivity index (χ3v) is 7.04. The highest BCUT2D eigenvalue weighted by Crippen LogP contribution is 2.59. The van der Waals surface area contributed by atoms with Crippen LogP contribution in [-0.4, -0.2) is 26.0 Å². The Balaban J connectivity index is 1.27. The number of carbonyl (C=O) groups is 1. The third kappa shape index (κ3) is 3.76. The summed E-state index contributed by atoms with van der Waals surface area (Å²) in [6.45, 7) is 4.56. The fourth-order valence-corrected chi connectivity index (χ4v) is 6.33. The van der Waals surface area contributed by atoms with Crippen molar-refractivity contribution in [3.8, 4) is 0 Å². The average Bonchev–Trinajstić information content (AvgIpc) is 2.54. The lowest BCUT2D eigenvalue weighted by atomic mass is 9.49. The van der Waals surface area contributed by atoms with Crippen LogP contribution in [-0.2, 0) is 11.3 Å². The van der Waals surface area contributed by atoms with Crippen molar-refractivity contribution in [3.63, 3.8) is 0 Å². The van der Waals surface area contributed by atoms with E-state index in [4.69, 9.17) is 0 Å². The number of carbonyl (C=O) groups excluding carboxylic acids is 1. The Morgan fingerprint density at radius 1 is 1.12 bits per heavy atom. The number of benzene rings is 1. The normalized spacial score (nSPS) is 34.1. The first kappa shape index (κ1) is 17.1. The van der Waals surface area contributed by atoms with Gasteiger partial charge in [-0.1, -0.05) is 24.3 Å². The van der Waals surface area contributed by atoms with Gasteiger partial charge < -0.3 is 10.2 Å². The van der Waals surface area contributed by atoms with Crippen molar-refractivity contribution < 1.29 is 9.69 Å². The highest BCUT2D eigenvalue weighted by Gasteiger charge is 2.50. The van der Waals surface area contributed by atoms with Gasteiger partial charge in [0.05, 0.1) is 7.05 Å². The molecule has 2 N–H and O–H groups in total. The van der Waals surface area contributed by atoms with E-state index in [1.807, 2.05) is 0 Å². The smallest absolute Gasteiger partial charge is 0.275 e. The van der Waals surface area contributed by atoms with Gasteiger partial charge in [-0.05, 0) is 74.2 Å². The highest BCUT2D eigenvalue weighted by molar-refractivity contribution is 5.76. The fourth-order valence-electron chi connectivity index (χ4n) is 6.33. The van der Waals surface area contributed by atoms with Crippen LogP contribution in [0.3, 0.4) is 0 Å². The summed E-state index contributed by atoms with van der Waals surface area (Å²) in [7, 11) is 2.12. The summed E-state index contributed by atoms with van der Waals surface area (Å²) in [5.41, 5.74) is 3.10. The van der Waals surface area contributed by atoms with Crippen LogP contribution in [0.25, 0.3) is 0 Å². The van der Waals surface area contributed by atoms with Crippen molar-refractivity contribution in [2.24, 2.45) is 23.2 Å². The van der Waals surface area contributed by atoms with Gasteiger partial charge in [0.1, 0.15) is 6.54 Å². The molecule has 3 nitrogen and oxygen atoms in total. The molecule has 4 aliphatic rings. The number of hydrogen-bond donors (Lipinski definition) is 2. The Morgan fingerprint density at radius 3 is 2.32 bits per heavy atom. The lowest BCUT2D eigenvalue weighted by Crippen LogP contribution is -3.09. The van der Waals surface area contributed by atoms with Crippen molar-refractivity contribution in [3.05, 3.63) is 35.4 Å². The molecule has 0 heterocycles. The molecular formula is C22H33N2O+. The number of quaternary nitrogens is 1. The fraction of sp³-hybridized carbons (Fsp3) is 0.682. The van der Waals surface area contributed by atoms with E-state index in [1.165, 1.54) is 54.6 Å². The average molecular weight is 342 g/mol. The van der Waals surface area contributed by atoms with E-state index in [0.29, 0.717) is 12.0 Å². The van der Waals surface area contributed by atoms with Crippen LogP contribution in [0.1, 0.15) is 49.7 Å². The molecule has 4 fully saturated rings. The molecule has 0 radical (unpaired) electrons. The minimum absolute atomic E-state index is 0.224. The monoisotopic (exact) mass is 341 g/mol.